The molecule has 0 spiro atoms. The van der Waals surface area contributed by atoms with Crippen molar-refractivity contribution in [2.45, 2.75) is 39.7 Å². The van der Waals surface area contributed by atoms with E-state index in [0.29, 0.717) is 12.3 Å². The van der Waals surface area contributed by atoms with Gasteiger partial charge in [0.2, 0.25) is 5.89 Å². The Labute approximate surface area is 114 Å². The van der Waals surface area contributed by atoms with Gasteiger partial charge in [-0.05, 0) is 40.3 Å². The molecule has 0 bridgehead atoms. The van der Waals surface area contributed by atoms with Crippen LogP contribution >= 0.6 is 0 Å². The smallest absolute Gasteiger partial charge is 0.246 e. The minimum atomic E-state index is -0.298. The molecule has 0 atom stereocenters. The summed E-state index contributed by atoms with van der Waals surface area (Å²) in [6.07, 6.45) is 0.700. The van der Waals surface area contributed by atoms with Crippen molar-refractivity contribution >= 4 is 0 Å². The third-order valence-electron chi connectivity index (χ3n) is 3.27. The summed E-state index contributed by atoms with van der Waals surface area (Å²) in [5.74, 6) is 1.35. The van der Waals surface area contributed by atoms with Gasteiger partial charge in [-0.3, -0.25) is 0 Å². The van der Waals surface area contributed by atoms with E-state index in [1.807, 2.05) is 20.9 Å². The fraction of sp³-hybridized carbons (Fsp3) is 0.467. The van der Waals surface area contributed by atoms with Gasteiger partial charge in [0.05, 0.1) is 5.54 Å². The van der Waals surface area contributed by atoms with Crippen LogP contribution in [-0.2, 0) is 12.0 Å². The predicted octanol–water partition coefficient (Wildman–Crippen LogP) is 2.73. The van der Waals surface area contributed by atoms with Crippen LogP contribution in [0.2, 0.25) is 0 Å². The summed E-state index contributed by atoms with van der Waals surface area (Å²) in [5, 5.41) is 7.22. The van der Waals surface area contributed by atoms with Gasteiger partial charge >= 0.3 is 0 Å². The van der Waals surface area contributed by atoms with Crippen LogP contribution in [0, 0.1) is 13.8 Å². The molecule has 102 valence electrons. The minimum absolute atomic E-state index is 0.298. The van der Waals surface area contributed by atoms with Gasteiger partial charge in [-0.25, -0.2) is 0 Å². The maximum atomic E-state index is 5.33. The third-order valence-corrected chi connectivity index (χ3v) is 3.27. The molecule has 0 amide bonds. The maximum Gasteiger partial charge on any atom is 0.246 e. The lowest BCUT2D eigenvalue weighted by Gasteiger charge is -2.17. The Balaban J connectivity index is 2.20. The van der Waals surface area contributed by atoms with E-state index in [0.717, 1.165) is 5.82 Å². The molecule has 2 rings (SSSR count). The highest BCUT2D eigenvalue weighted by atomic mass is 16.5. The molecule has 0 radical (unpaired) electrons. The molecule has 4 heteroatoms. The zero-order valence-corrected chi connectivity index (χ0v) is 12.2. The quantitative estimate of drug-likeness (QED) is 0.917. The highest BCUT2D eigenvalue weighted by Crippen LogP contribution is 2.18. The fourth-order valence-electron chi connectivity index (χ4n) is 2.04. The van der Waals surface area contributed by atoms with Crippen LogP contribution < -0.4 is 5.32 Å². The van der Waals surface area contributed by atoms with Crippen molar-refractivity contribution < 1.29 is 4.52 Å². The second-order valence-electron chi connectivity index (χ2n) is 5.56. The summed E-state index contributed by atoms with van der Waals surface area (Å²) in [6, 6.07) is 6.48. The molecule has 0 unspecified atom stereocenters. The second-order valence-corrected chi connectivity index (χ2v) is 5.56. The highest BCUT2D eigenvalue weighted by molar-refractivity contribution is 5.30. The average molecular weight is 259 g/mol. The third kappa shape index (κ3) is 3.20. The fourth-order valence-corrected chi connectivity index (χ4v) is 2.04. The first-order valence-electron chi connectivity index (χ1n) is 6.50. The standard InChI is InChI=1S/C15H21N3O/c1-10-6-11(2)8-12(7-10)9-13-17-14(19-18-13)15(3,4)16-5/h6-8,16H,9H2,1-5H3. The Kier molecular flexibility index (Phi) is 3.71. The summed E-state index contributed by atoms with van der Waals surface area (Å²) in [4.78, 5) is 4.47. The molecule has 1 aromatic heterocycles. The lowest BCUT2D eigenvalue weighted by atomic mass is 10.0. The van der Waals surface area contributed by atoms with Crippen molar-refractivity contribution in [2.75, 3.05) is 7.05 Å². The summed E-state index contributed by atoms with van der Waals surface area (Å²) in [5.41, 5.74) is 3.43. The maximum absolute atomic E-state index is 5.33. The first-order valence-corrected chi connectivity index (χ1v) is 6.50. The largest absolute Gasteiger partial charge is 0.337 e. The Morgan fingerprint density at radius 1 is 1.16 bits per heavy atom. The molecular weight excluding hydrogens is 238 g/mol. The van der Waals surface area contributed by atoms with E-state index in [-0.39, 0.29) is 5.54 Å². The van der Waals surface area contributed by atoms with Crippen molar-refractivity contribution in [3.05, 3.63) is 46.6 Å². The first kappa shape index (κ1) is 13.7. The zero-order valence-electron chi connectivity index (χ0n) is 12.2. The SMILES string of the molecule is CNC(C)(C)c1nc(Cc2cc(C)cc(C)c2)no1. The van der Waals surface area contributed by atoms with E-state index in [4.69, 9.17) is 4.52 Å². The zero-order chi connectivity index (χ0) is 14.0. The number of benzene rings is 1. The molecule has 0 aliphatic heterocycles. The molecular formula is C15H21N3O. The molecule has 4 nitrogen and oxygen atoms in total. The van der Waals surface area contributed by atoms with Crippen molar-refractivity contribution in [3.63, 3.8) is 0 Å². The van der Waals surface area contributed by atoms with E-state index in [2.05, 4.69) is 47.5 Å². The summed E-state index contributed by atoms with van der Waals surface area (Å²) >= 11 is 0. The molecule has 0 aliphatic carbocycles. The van der Waals surface area contributed by atoms with Crippen molar-refractivity contribution in [1.29, 1.82) is 0 Å². The predicted molar refractivity (Wildman–Crippen MR) is 75.1 cm³/mol. The van der Waals surface area contributed by atoms with Crippen molar-refractivity contribution in [1.82, 2.24) is 15.5 Å². The Hall–Kier alpha value is -1.68. The number of nitrogens with one attached hydrogen (secondary N) is 1. The van der Waals surface area contributed by atoms with E-state index in [1.54, 1.807) is 0 Å². The molecule has 0 saturated carbocycles. The number of aromatic nitrogens is 2. The highest BCUT2D eigenvalue weighted by Gasteiger charge is 2.25. The van der Waals surface area contributed by atoms with Gasteiger partial charge in [0, 0.05) is 6.42 Å². The molecule has 1 N–H and O–H groups in total. The van der Waals surface area contributed by atoms with Crippen LogP contribution in [0.15, 0.2) is 22.7 Å². The Morgan fingerprint density at radius 3 is 2.37 bits per heavy atom. The Bertz CT molecular complexity index is 552. The van der Waals surface area contributed by atoms with Gasteiger partial charge in [-0.2, -0.15) is 4.98 Å². The molecule has 0 saturated heterocycles. The minimum Gasteiger partial charge on any atom is -0.337 e. The second kappa shape index (κ2) is 5.13. The first-order chi connectivity index (χ1) is 8.90. The number of rotatable bonds is 4. The normalized spacial score (nSPS) is 11.8. The van der Waals surface area contributed by atoms with Crippen molar-refractivity contribution in [3.8, 4) is 0 Å². The van der Waals surface area contributed by atoms with Gasteiger partial charge in [0.1, 0.15) is 0 Å². The van der Waals surface area contributed by atoms with Crippen LogP contribution in [0.1, 0.15) is 42.3 Å². The number of hydrogen-bond donors (Lipinski definition) is 1. The molecule has 1 aromatic carbocycles. The van der Waals surface area contributed by atoms with E-state index < -0.39 is 0 Å². The Morgan fingerprint density at radius 2 is 1.79 bits per heavy atom. The van der Waals surface area contributed by atoms with Gasteiger partial charge in [-0.15, -0.1) is 0 Å². The lowest BCUT2D eigenvalue weighted by molar-refractivity contribution is 0.279. The monoisotopic (exact) mass is 259 g/mol. The number of aryl methyl sites for hydroxylation is 2. The molecule has 2 aromatic rings. The number of nitrogens with zero attached hydrogens (tertiary/aromatic N) is 2. The van der Waals surface area contributed by atoms with Crippen LogP contribution in [0.4, 0.5) is 0 Å². The average Bonchev–Trinajstić information content (AvgIpc) is 2.77. The van der Waals surface area contributed by atoms with Crippen LogP contribution in [-0.4, -0.2) is 17.2 Å². The molecule has 1 heterocycles. The number of hydrogen-bond acceptors (Lipinski definition) is 4. The van der Waals surface area contributed by atoms with Crippen molar-refractivity contribution in [2.24, 2.45) is 0 Å². The molecule has 0 aliphatic rings. The molecule has 19 heavy (non-hydrogen) atoms. The van der Waals surface area contributed by atoms with E-state index in [1.165, 1.54) is 16.7 Å². The van der Waals surface area contributed by atoms with Crippen LogP contribution in [0.25, 0.3) is 0 Å². The van der Waals surface area contributed by atoms with Gasteiger partial charge < -0.3 is 9.84 Å². The van der Waals surface area contributed by atoms with Gasteiger partial charge in [-0.1, -0.05) is 34.5 Å². The summed E-state index contributed by atoms with van der Waals surface area (Å²) < 4.78 is 5.33. The van der Waals surface area contributed by atoms with Crippen LogP contribution in [0.5, 0.6) is 0 Å². The topological polar surface area (TPSA) is 51.0 Å². The summed E-state index contributed by atoms with van der Waals surface area (Å²) in [6.45, 7) is 8.23. The van der Waals surface area contributed by atoms with Gasteiger partial charge in [0.25, 0.3) is 0 Å². The summed E-state index contributed by atoms with van der Waals surface area (Å²) in [7, 11) is 1.88. The lowest BCUT2D eigenvalue weighted by Crippen LogP contribution is -2.33. The van der Waals surface area contributed by atoms with E-state index in [9.17, 15) is 0 Å². The van der Waals surface area contributed by atoms with Gasteiger partial charge in [0.15, 0.2) is 5.82 Å². The molecule has 0 fully saturated rings. The van der Waals surface area contributed by atoms with Crippen LogP contribution in [0.3, 0.4) is 0 Å². The van der Waals surface area contributed by atoms with E-state index >= 15 is 0 Å².